The first-order chi connectivity index (χ1) is 10.2. The first-order valence-electron chi connectivity index (χ1n) is 7.32. The lowest BCUT2D eigenvalue weighted by molar-refractivity contribution is 0.317. The Bertz CT molecular complexity index is 578. The molecule has 4 nitrogen and oxygen atoms in total. The lowest BCUT2D eigenvalue weighted by Gasteiger charge is -2.09. The Morgan fingerprint density at radius 1 is 1.24 bits per heavy atom. The van der Waals surface area contributed by atoms with Crippen molar-refractivity contribution in [1.82, 2.24) is 9.78 Å². The van der Waals surface area contributed by atoms with Gasteiger partial charge in [-0.05, 0) is 37.1 Å². The molecule has 1 aromatic heterocycles. The molecule has 0 aliphatic rings. The van der Waals surface area contributed by atoms with Gasteiger partial charge in [0.05, 0.1) is 29.6 Å². The van der Waals surface area contributed by atoms with Crippen LogP contribution in [0.5, 0.6) is 5.75 Å². The summed E-state index contributed by atoms with van der Waals surface area (Å²) in [7, 11) is 1.92. The van der Waals surface area contributed by atoms with Gasteiger partial charge in [0, 0.05) is 12.7 Å². The van der Waals surface area contributed by atoms with Crippen LogP contribution < -0.4 is 10.1 Å². The van der Waals surface area contributed by atoms with E-state index < -0.39 is 0 Å². The van der Waals surface area contributed by atoms with Crippen LogP contribution >= 0.6 is 11.6 Å². The molecule has 1 heterocycles. The topological polar surface area (TPSA) is 39.1 Å². The van der Waals surface area contributed by atoms with Gasteiger partial charge in [-0.25, -0.2) is 0 Å². The minimum absolute atomic E-state index is 0.650. The molecule has 0 saturated heterocycles. The molecule has 1 aromatic carbocycles. The van der Waals surface area contributed by atoms with E-state index in [2.05, 4.69) is 24.3 Å². The van der Waals surface area contributed by atoms with Crippen LogP contribution in [0.1, 0.15) is 31.7 Å². The summed E-state index contributed by atoms with van der Waals surface area (Å²) in [6, 6.07) is 7.96. The molecule has 114 valence electrons. The number of anilines is 1. The average molecular weight is 308 g/mol. The number of hydrogen-bond donors (Lipinski definition) is 1. The van der Waals surface area contributed by atoms with Gasteiger partial charge >= 0.3 is 0 Å². The van der Waals surface area contributed by atoms with Crippen LogP contribution in [0.2, 0.25) is 5.02 Å². The Kier molecular flexibility index (Phi) is 5.51. The summed E-state index contributed by atoms with van der Waals surface area (Å²) >= 11 is 6.34. The molecule has 0 aliphatic carbocycles. The zero-order valence-corrected chi connectivity index (χ0v) is 13.6. The summed E-state index contributed by atoms with van der Waals surface area (Å²) in [4.78, 5) is 0. The fourth-order valence-corrected chi connectivity index (χ4v) is 2.45. The number of rotatable bonds is 7. The Morgan fingerprint density at radius 2 is 1.95 bits per heavy atom. The molecule has 5 heteroatoms. The molecule has 2 rings (SSSR count). The minimum atomic E-state index is 0.650. The maximum absolute atomic E-state index is 6.34. The average Bonchev–Trinajstić information content (AvgIpc) is 2.78. The number of nitrogens with one attached hydrogen (secondary N) is 1. The monoisotopic (exact) mass is 307 g/mol. The van der Waals surface area contributed by atoms with Crippen molar-refractivity contribution in [2.45, 2.75) is 33.2 Å². The van der Waals surface area contributed by atoms with E-state index >= 15 is 0 Å². The second kappa shape index (κ2) is 7.36. The Hall–Kier alpha value is -1.68. The molecule has 0 bridgehead atoms. The van der Waals surface area contributed by atoms with E-state index in [1.807, 2.05) is 36.0 Å². The zero-order chi connectivity index (χ0) is 15.2. The lowest BCUT2D eigenvalue weighted by atomic mass is 10.2. The van der Waals surface area contributed by atoms with Crippen molar-refractivity contribution in [3.63, 3.8) is 0 Å². The van der Waals surface area contributed by atoms with E-state index in [1.54, 1.807) is 0 Å². The molecule has 1 N–H and O–H groups in total. The largest absolute Gasteiger partial charge is 0.494 e. The van der Waals surface area contributed by atoms with Crippen LogP contribution in [0.4, 0.5) is 5.69 Å². The van der Waals surface area contributed by atoms with Gasteiger partial charge < -0.3 is 10.1 Å². The molecule has 0 amide bonds. The van der Waals surface area contributed by atoms with Crippen molar-refractivity contribution in [3.8, 4) is 5.75 Å². The fourth-order valence-electron chi connectivity index (χ4n) is 2.09. The van der Waals surface area contributed by atoms with Gasteiger partial charge in [0.2, 0.25) is 0 Å². The number of benzene rings is 1. The third kappa shape index (κ3) is 3.91. The van der Waals surface area contributed by atoms with Crippen molar-refractivity contribution in [1.29, 1.82) is 0 Å². The number of hydrogen-bond acceptors (Lipinski definition) is 3. The highest BCUT2D eigenvalue weighted by molar-refractivity contribution is 6.31. The highest BCUT2D eigenvalue weighted by Gasteiger charge is 2.12. The summed E-state index contributed by atoms with van der Waals surface area (Å²) < 4.78 is 7.41. The van der Waals surface area contributed by atoms with Crippen LogP contribution in [0, 0.1) is 0 Å². The normalized spacial score (nSPS) is 10.7. The number of aryl methyl sites for hydroxylation is 2. The molecule has 0 fully saturated rings. The van der Waals surface area contributed by atoms with Crippen molar-refractivity contribution in [2.24, 2.45) is 7.05 Å². The van der Waals surface area contributed by atoms with Crippen LogP contribution in [0.3, 0.4) is 0 Å². The van der Waals surface area contributed by atoms with Crippen LogP contribution in [0.15, 0.2) is 24.3 Å². The van der Waals surface area contributed by atoms with Crippen LogP contribution in [-0.2, 0) is 20.0 Å². The molecular weight excluding hydrogens is 286 g/mol. The van der Waals surface area contributed by atoms with Gasteiger partial charge in [0.1, 0.15) is 5.75 Å². The van der Waals surface area contributed by atoms with Gasteiger partial charge in [0.15, 0.2) is 0 Å². The van der Waals surface area contributed by atoms with Crippen molar-refractivity contribution >= 4 is 17.3 Å². The SMILES string of the molecule is CCCOc1ccc(NCc2c(Cl)c(CC)nn2C)cc1. The van der Waals surface area contributed by atoms with Crippen molar-refractivity contribution in [3.05, 3.63) is 40.7 Å². The Balaban J connectivity index is 1.98. The molecule has 0 unspecified atom stereocenters. The predicted octanol–water partition coefficient (Wildman–Crippen LogP) is 4.04. The molecular formula is C16H22ClN3O. The quantitative estimate of drug-likeness (QED) is 0.839. The van der Waals surface area contributed by atoms with E-state index in [-0.39, 0.29) is 0 Å². The highest BCUT2D eigenvalue weighted by atomic mass is 35.5. The summed E-state index contributed by atoms with van der Waals surface area (Å²) in [5.41, 5.74) is 2.98. The summed E-state index contributed by atoms with van der Waals surface area (Å²) in [5.74, 6) is 0.897. The second-order valence-electron chi connectivity index (χ2n) is 4.91. The predicted molar refractivity (Wildman–Crippen MR) is 87.2 cm³/mol. The standard InChI is InChI=1S/C16H22ClN3O/c1-4-10-21-13-8-6-12(7-9-13)18-11-15-16(17)14(5-2)19-20(15)3/h6-9,18H,4-5,10-11H2,1-3H3. The van der Waals surface area contributed by atoms with E-state index in [0.29, 0.717) is 6.54 Å². The lowest BCUT2D eigenvalue weighted by Crippen LogP contribution is -2.06. The third-order valence-corrected chi connectivity index (χ3v) is 3.73. The van der Waals surface area contributed by atoms with Gasteiger partial charge in [-0.3, -0.25) is 4.68 Å². The minimum Gasteiger partial charge on any atom is -0.494 e. The number of halogens is 1. The molecule has 0 aliphatic heterocycles. The first kappa shape index (κ1) is 15.7. The highest BCUT2D eigenvalue weighted by Crippen LogP contribution is 2.22. The van der Waals surface area contributed by atoms with Gasteiger partial charge in [-0.1, -0.05) is 25.4 Å². The summed E-state index contributed by atoms with van der Waals surface area (Å²) in [5, 5.41) is 8.54. The smallest absolute Gasteiger partial charge is 0.119 e. The first-order valence-corrected chi connectivity index (χ1v) is 7.70. The van der Waals surface area contributed by atoms with E-state index in [0.717, 1.165) is 47.3 Å². The summed E-state index contributed by atoms with van der Waals surface area (Å²) in [6.45, 7) is 5.55. The van der Waals surface area contributed by atoms with E-state index in [4.69, 9.17) is 16.3 Å². The Morgan fingerprint density at radius 3 is 2.52 bits per heavy atom. The summed E-state index contributed by atoms with van der Waals surface area (Å²) in [6.07, 6.45) is 1.86. The molecule has 0 saturated carbocycles. The van der Waals surface area contributed by atoms with Crippen LogP contribution in [-0.4, -0.2) is 16.4 Å². The fraction of sp³-hybridized carbons (Fsp3) is 0.438. The van der Waals surface area contributed by atoms with Crippen LogP contribution in [0.25, 0.3) is 0 Å². The third-order valence-electron chi connectivity index (χ3n) is 3.29. The second-order valence-corrected chi connectivity index (χ2v) is 5.29. The van der Waals surface area contributed by atoms with Crippen molar-refractivity contribution in [2.75, 3.05) is 11.9 Å². The molecule has 21 heavy (non-hydrogen) atoms. The van der Waals surface area contributed by atoms with E-state index in [1.165, 1.54) is 0 Å². The van der Waals surface area contributed by atoms with Gasteiger partial charge in [-0.2, -0.15) is 5.10 Å². The zero-order valence-electron chi connectivity index (χ0n) is 12.8. The van der Waals surface area contributed by atoms with Crippen molar-refractivity contribution < 1.29 is 4.74 Å². The molecule has 0 spiro atoms. The van der Waals surface area contributed by atoms with Gasteiger partial charge in [0.25, 0.3) is 0 Å². The van der Waals surface area contributed by atoms with E-state index in [9.17, 15) is 0 Å². The van der Waals surface area contributed by atoms with Gasteiger partial charge in [-0.15, -0.1) is 0 Å². The molecule has 2 aromatic rings. The number of ether oxygens (including phenoxy) is 1. The Labute approximate surface area is 131 Å². The maximum Gasteiger partial charge on any atom is 0.119 e. The molecule has 0 atom stereocenters. The molecule has 0 radical (unpaired) electrons. The number of aromatic nitrogens is 2. The number of nitrogens with zero attached hydrogens (tertiary/aromatic N) is 2. The maximum atomic E-state index is 6.34.